The van der Waals surface area contributed by atoms with Crippen LogP contribution in [0, 0.1) is 5.82 Å². The maximum absolute atomic E-state index is 14.6. The molecule has 0 radical (unpaired) electrons. The first-order valence-electron chi connectivity index (χ1n) is 12.7. The lowest BCUT2D eigenvalue weighted by molar-refractivity contribution is -0.206. The van der Waals surface area contributed by atoms with Crippen LogP contribution in [0.3, 0.4) is 0 Å². The van der Waals surface area contributed by atoms with Crippen molar-refractivity contribution in [1.29, 1.82) is 0 Å². The Hall–Kier alpha value is -4.21. The molecule has 0 saturated carbocycles. The zero-order valence-electron chi connectivity index (χ0n) is 21.9. The molecule has 0 heterocycles. The van der Waals surface area contributed by atoms with E-state index in [4.69, 9.17) is 9.47 Å². The lowest BCUT2D eigenvalue weighted by atomic mass is 10.0. The standard InChI is InChI=1S/C30H28F4O6/c1-3-4-5-6-7-27(30(32,33)34)40-29(37)25-17-16-24(18-26(25)31)39-28(36)22-10-8-20(9-11-22)21-12-14-23(15-13-21)38-19(2)35/h8-18,27H,3-7H2,1-2H3. The molecular formula is C30H28F4O6. The van der Waals surface area contributed by atoms with Crippen LogP contribution in [0.1, 0.15) is 66.7 Å². The molecule has 3 aromatic rings. The van der Waals surface area contributed by atoms with Gasteiger partial charge in [-0.15, -0.1) is 0 Å². The summed E-state index contributed by atoms with van der Waals surface area (Å²) < 4.78 is 69.3. The third-order valence-corrected chi connectivity index (χ3v) is 5.88. The van der Waals surface area contributed by atoms with Gasteiger partial charge in [0, 0.05) is 13.0 Å². The van der Waals surface area contributed by atoms with E-state index < -0.39 is 48.0 Å². The molecule has 0 N–H and O–H groups in total. The van der Waals surface area contributed by atoms with Gasteiger partial charge in [0.05, 0.1) is 11.1 Å². The summed E-state index contributed by atoms with van der Waals surface area (Å²) in [7, 11) is 0. The van der Waals surface area contributed by atoms with Crippen molar-refractivity contribution in [2.24, 2.45) is 0 Å². The Morgan fingerprint density at radius 3 is 1.93 bits per heavy atom. The van der Waals surface area contributed by atoms with E-state index in [1.54, 1.807) is 36.4 Å². The van der Waals surface area contributed by atoms with Gasteiger partial charge in [-0.3, -0.25) is 4.79 Å². The normalized spacial score (nSPS) is 11.9. The van der Waals surface area contributed by atoms with Crippen molar-refractivity contribution < 1.29 is 46.2 Å². The first-order valence-corrected chi connectivity index (χ1v) is 12.7. The zero-order chi connectivity index (χ0) is 29.3. The summed E-state index contributed by atoms with van der Waals surface area (Å²) in [5, 5.41) is 0. The van der Waals surface area contributed by atoms with Crippen molar-refractivity contribution in [1.82, 2.24) is 0 Å². The van der Waals surface area contributed by atoms with Gasteiger partial charge < -0.3 is 14.2 Å². The highest BCUT2D eigenvalue weighted by atomic mass is 19.4. The summed E-state index contributed by atoms with van der Waals surface area (Å²) in [4.78, 5) is 35.9. The Morgan fingerprint density at radius 2 is 1.38 bits per heavy atom. The number of carbonyl (C=O) groups excluding carboxylic acids is 3. The molecule has 6 nitrogen and oxygen atoms in total. The van der Waals surface area contributed by atoms with Gasteiger partial charge in [0.1, 0.15) is 17.3 Å². The fourth-order valence-electron chi connectivity index (χ4n) is 3.81. The number of esters is 3. The first kappa shape index (κ1) is 30.3. The van der Waals surface area contributed by atoms with Crippen LogP contribution in [0.4, 0.5) is 17.6 Å². The Morgan fingerprint density at radius 1 is 0.775 bits per heavy atom. The van der Waals surface area contributed by atoms with Gasteiger partial charge in [-0.1, -0.05) is 50.5 Å². The number of unbranched alkanes of at least 4 members (excludes halogenated alkanes) is 3. The second-order valence-corrected chi connectivity index (χ2v) is 9.01. The lowest BCUT2D eigenvalue weighted by Gasteiger charge is -2.21. The molecule has 0 saturated heterocycles. The van der Waals surface area contributed by atoms with Crippen molar-refractivity contribution >= 4 is 17.9 Å². The second kappa shape index (κ2) is 13.7. The van der Waals surface area contributed by atoms with Crippen LogP contribution in [0.5, 0.6) is 11.5 Å². The van der Waals surface area contributed by atoms with E-state index in [1.165, 1.54) is 19.1 Å². The minimum atomic E-state index is -4.78. The maximum atomic E-state index is 14.6. The summed E-state index contributed by atoms with van der Waals surface area (Å²) >= 11 is 0. The predicted molar refractivity (Wildman–Crippen MR) is 139 cm³/mol. The van der Waals surface area contributed by atoms with Gasteiger partial charge in [-0.25, -0.2) is 14.0 Å². The minimum Gasteiger partial charge on any atom is -0.449 e. The van der Waals surface area contributed by atoms with Crippen LogP contribution in [0.15, 0.2) is 66.7 Å². The lowest BCUT2D eigenvalue weighted by Crippen LogP contribution is -2.34. The summed E-state index contributed by atoms with van der Waals surface area (Å²) in [6.45, 7) is 3.21. The quantitative estimate of drug-likeness (QED) is 0.104. The molecule has 3 aromatic carbocycles. The van der Waals surface area contributed by atoms with Crippen molar-refractivity contribution in [2.45, 2.75) is 58.2 Å². The fourth-order valence-corrected chi connectivity index (χ4v) is 3.81. The molecule has 0 aliphatic heterocycles. The number of hydrogen-bond donors (Lipinski definition) is 0. The third kappa shape index (κ3) is 8.65. The topological polar surface area (TPSA) is 78.9 Å². The van der Waals surface area contributed by atoms with Crippen molar-refractivity contribution in [3.8, 4) is 22.6 Å². The molecule has 1 unspecified atom stereocenters. The molecule has 0 aliphatic rings. The number of rotatable bonds is 11. The van der Waals surface area contributed by atoms with E-state index >= 15 is 0 Å². The van der Waals surface area contributed by atoms with E-state index in [2.05, 4.69) is 4.74 Å². The van der Waals surface area contributed by atoms with E-state index in [0.29, 0.717) is 12.2 Å². The number of alkyl halides is 3. The van der Waals surface area contributed by atoms with Crippen LogP contribution in [-0.2, 0) is 9.53 Å². The van der Waals surface area contributed by atoms with E-state index in [0.717, 1.165) is 42.2 Å². The van der Waals surface area contributed by atoms with Gasteiger partial charge in [0.2, 0.25) is 0 Å². The van der Waals surface area contributed by atoms with Gasteiger partial charge in [-0.05, 0) is 60.4 Å². The highest BCUT2D eigenvalue weighted by molar-refractivity contribution is 5.92. The monoisotopic (exact) mass is 560 g/mol. The summed E-state index contributed by atoms with van der Waals surface area (Å²) in [6, 6.07) is 15.8. The Labute approximate surface area is 228 Å². The van der Waals surface area contributed by atoms with Crippen molar-refractivity contribution in [3.05, 3.63) is 83.7 Å². The molecule has 0 bridgehead atoms. The SMILES string of the molecule is CCCCCCC(OC(=O)c1ccc(OC(=O)c2ccc(-c3ccc(OC(C)=O)cc3)cc2)cc1F)C(F)(F)F. The average Bonchev–Trinajstić information content (AvgIpc) is 2.90. The van der Waals surface area contributed by atoms with E-state index in [1.807, 2.05) is 6.92 Å². The zero-order valence-corrected chi connectivity index (χ0v) is 21.9. The minimum absolute atomic E-state index is 0.153. The number of ether oxygens (including phenoxy) is 3. The number of halogens is 4. The Bertz CT molecular complexity index is 1320. The van der Waals surface area contributed by atoms with Crippen LogP contribution in [0.25, 0.3) is 11.1 Å². The highest BCUT2D eigenvalue weighted by Gasteiger charge is 2.42. The first-order chi connectivity index (χ1) is 19.0. The molecule has 0 amide bonds. The summed E-state index contributed by atoms with van der Waals surface area (Å²) in [5.41, 5.74) is 1.02. The Kier molecular flexibility index (Phi) is 10.4. The third-order valence-electron chi connectivity index (χ3n) is 5.88. The molecule has 212 valence electrons. The predicted octanol–water partition coefficient (Wildman–Crippen LogP) is 7.70. The van der Waals surface area contributed by atoms with Gasteiger partial charge in [-0.2, -0.15) is 13.2 Å². The second-order valence-electron chi connectivity index (χ2n) is 9.01. The molecule has 0 aromatic heterocycles. The molecule has 0 spiro atoms. The fraction of sp³-hybridized carbons (Fsp3) is 0.300. The molecule has 0 aliphatic carbocycles. The number of carbonyl (C=O) groups is 3. The van der Waals surface area contributed by atoms with Crippen molar-refractivity contribution in [2.75, 3.05) is 0 Å². The van der Waals surface area contributed by atoms with Gasteiger partial charge in [0.25, 0.3) is 0 Å². The number of benzene rings is 3. The van der Waals surface area contributed by atoms with Crippen LogP contribution in [-0.4, -0.2) is 30.2 Å². The molecular weight excluding hydrogens is 532 g/mol. The van der Waals surface area contributed by atoms with Crippen molar-refractivity contribution in [3.63, 3.8) is 0 Å². The molecule has 10 heteroatoms. The smallest absolute Gasteiger partial charge is 0.425 e. The van der Waals surface area contributed by atoms with E-state index in [9.17, 15) is 31.9 Å². The highest BCUT2D eigenvalue weighted by Crippen LogP contribution is 2.29. The number of hydrogen-bond acceptors (Lipinski definition) is 6. The summed E-state index contributed by atoms with van der Waals surface area (Å²) in [6.07, 6.45) is -5.18. The van der Waals surface area contributed by atoms with Crippen LogP contribution >= 0.6 is 0 Å². The average molecular weight is 561 g/mol. The molecule has 40 heavy (non-hydrogen) atoms. The Balaban J connectivity index is 1.63. The summed E-state index contributed by atoms with van der Waals surface area (Å²) in [5.74, 6) is -3.73. The van der Waals surface area contributed by atoms with Crippen LogP contribution in [0.2, 0.25) is 0 Å². The largest absolute Gasteiger partial charge is 0.449 e. The van der Waals surface area contributed by atoms with Gasteiger partial charge >= 0.3 is 24.1 Å². The maximum Gasteiger partial charge on any atom is 0.425 e. The van der Waals surface area contributed by atoms with E-state index in [-0.39, 0.29) is 17.7 Å². The molecule has 1 atom stereocenters. The molecule has 0 fully saturated rings. The van der Waals surface area contributed by atoms with Crippen LogP contribution < -0.4 is 9.47 Å². The van der Waals surface area contributed by atoms with Gasteiger partial charge in [0.15, 0.2) is 6.10 Å². The molecule has 3 rings (SSSR count).